The Morgan fingerprint density at radius 1 is 0.871 bits per heavy atom. The van der Waals surface area contributed by atoms with Gasteiger partial charge in [0.2, 0.25) is 6.33 Å². The molecule has 0 spiro atoms. The third kappa shape index (κ3) is 5.15. The van der Waals surface area contributed by atoms with Crippen LogP contribution in [0.15, 0.2) is 79.1 Å². The Labute approximate surface area is 200 Å². The molecule has 1 aromatic heterocycles. The molecule has 0 radical (unpaired) electrons. The van der Waals surface area contributed by atoms with Crippen molar-refractivity contribution < 1.29 is 9.36 Å². The Bertz CT molecular complexity index is 1150. The van der Waals surface area contributed by atoms with Gasteiger partial charge in [0.05, 0.1) is 0 Å². The summed E-state index contributed by atoms with van der Waals surface area (Å²) >= 11 is 0. The lowest BCUT2D eigenvalue weighted by Gasteiger charge is -2.13. The van der Waals surface area contributed by atoms with E-state index in [1.807, 2.05) is 29.1 Å². The maximum absolute atomic E-state index is 13.0. The molecule has 5 heteroatoms. The number of halogens is 1. The summed E-state index contributed by atoms with van der Waals surface area (Å²) in [6, 6.07) is 24.9. The number of aryl methyl sites for hydroxylation is 2. The number of benzene rings is 3. The number of rotatable bonds is 7. The molecule has 160 valence electrons. The quantitative estimate of drug-likeness (QED) is 0.256. The highest BCUT2D eigenvalue weighted by atomic mass is 127. The first-order chi connectivity index (χ1) is 14.7. The Morgan fingerprint density at radius 3 is 2.19 bits per heavy atom. The Hall–Kier alpha value is -2.67. The van der Waals surface area contributed by atoms with Crippen molar-refractivity contribution in [2.24, 2.45) is 0 Å². The minimum atomic E-state index is -0.00165. The molecule has 4 rings (SSSR count). The van der Waals surface area contributed by atoms with Gasteiger partial charge in [-0.15, -0.1) is 24.0 Å². The molecule has 0 saturated heterocycles. The van der Waals surface area contributed by atoms with Gasteiger partial charge in [-0.25, -0.2) is 9.13 Å². The van der Waals surface area contributed by atoms with E-state index in [1.165, 1.54) is 16.7 Å². The predicted molar refractivity (Wildman–Crippen MR) is 137 cm³/mol. The highest BCUT2D eigenvalue weighted by Crippen LogP contribution is 2.23. The van der Waals surface area contributed by atoms with Crippen LogP contribution in [-0.4, -0.2) is 10.5 Å². The summed E-state index contributed by atoms with van der Waals surface area (Å²) in [7, 11) is 0. The molecular weight excluding hydrogens is 497 g/mol. The van der Waals surface area contributed by atoms with Crippen LogP contribution in [-0.2, 0) is 30.7 Å². The van der Waals surface area contributed by atoms with E-state index in [0.29, 0.717) is 0 Å². The van der Waals surface area contributed by atoms with E-state index >= 15 is 0 Å². The molecule has 3 aromatic carbocycles. The van der Waals surface area contributed by atoms with Gasteiger partial charge < -0.3 is 5.32 Å². The van der Waals surface area contributed by atoms with Gasteiger partial charge in [-0.1, -0.05) is 74.5 Å². The van der Waals surface area contributed by atoms with Gasteiger partial charge in [0.1, 0.15) is 6.54 Å². The first-order valence-electron chi connectivity index (χ1n) is 10.6. The van der Waals surface area contributed by atoms with Crippen molar-refractivity contribution in [2.75, 3.05) is 5.32 Å². The maximum atomic E-state index is 13.0. The van der Waals surface area contributed by atoms with Crippen LogP contribution in [0.3, 0.4) is 0 Å². The van der Waals surface area contributed by atoms with Gasteiger partial charge >= 0.3 is 0 Å². The number of nitrogens with zero attached hydrogens (tertiary/aromatic N) is 2. The minimum absolute atomic E-state index is 0. The van der Waals surface area contributed by atoms with Crippen LogP contribution in [0, 0.1) is 0 Å². The topological polar surface area (TPSA) is 37.9 Å². The highest BCUT2D eigenvalue weighted by molar-refractivity contribution is 14.0. The van der Waals surface area contributed by atoms with Gasteiger partial charge in [-0.2, -0.15) is 0 Å². The minimum Gasteiger partial charge on any atom is -0.322 e. The summed E-state index contributed by atoms with van der Waals surface area (Å²) in [6.07, 6.45) is 3.84. The first kappa shape index (κ1) is 23.0. The van der Waals surface area contributed by atoms with Crippen molar-refractivity contribution in [3.8, 4) is 0 Å². The SMILES string of the molecule is CCc1cccc(CC)c1NC(=O)Cn1c[n+](Cc2ccccc2)c2ccccc21.I. The van der Waals surface area contributed by atoms with E-state index < -0.39 is 0 Å². The number of aromatic nitrogens is 2. The molecule has 1 heterocycles. The van der Waals surface area contributed by atoms with E-state index in [-0.39, 0.29) is 36.4 Å². The zero-order chi connectivity index (χ0) is 20.9. The molecule has 0 aliphatic rings. The van der Waals surface area contributed by atoms with Gasteiger partial charge in [-0.3, -0.25) is 4.79 Å². The second-order valence-corrected chi connectivity index (χ2v) is 7.55. The normalized spacial score (nSPS) is 10.6. The average molecular weight is 526 g/mol. The number of para-hydroxylation sites is 3. The molecule has 4 aromatic rings. The summed E-state index contributed by atoms with van der Waals surface area (Å²) in [4.78, 5) is 13.0. The number of anilines is 1. The molecule has 1 N–H and O–H groups in total. The van der Waals surface area contributed by atoms with Crippen LogP contribution >= 0.6 is 24.0 Å². The van der Waals surface area contributed by atoms with Crippen molar-refractivity contribution >= 4 is 46.6 Å². The second kappa shape index (κ2) is 10.6. The fourth-order valence-electron chi connectivity index (χ4n) is 4.01. The molecule has 0 atom stereocenters. The summed E-state index contributed by atoms with van der Waals surface area (Å²) in [5, 5.41) is 3.18. The number of imidazole rings is 1. The average Bonchev–Trinajstić information content (AvgIpc) is 3.11. The van der Waals surface area contributed by atoms with Crippen LogP contribution in [0.2, 0.25) is 0 Å². The third-order valence-electron chi connectivity index (χ3n) is 5.55. The molecule has 0 aliphatic carbocycles. The molecule has 31 heavy (non-hydrogen) atoms. The van der Waals surface area contributed by atoms with Crippen molar-refractivity contribution in [1.29, 1.82) is 0 Å². The van der Waals surface area contributed by atoms with E-state index in [0.717, 1.165) is 36.1 Å². The number of amides is 1. The Morgan fingerprint density at radius 2 is 1.52 bits per heavy atom. The zero-order valence-corrected chi connectivity index (χ0v) is 20.4. The van der Waals surface area contributed by atoms with Crippen LogP contribution in [0.1, 0.15) is 30.5 Å². The molecule has 4 nitrogen and oxygen atoms in total. The second-order valence-electron chi connectivity index (χ2n) is 7.55. The molecule has 0 aliphatic heterocycles. The van der Waals surface area contributed by atoms with Crippen molar-refractivity contribution in [3.05, 3.63) is 95.8 Å². The van der Waals surface area contributed by atoms with Gasteiger partial charge in [0.25, 0.3) is 5.91 Å². The van der Waals surface area contributed by atoms with Crippen molar-refractivity contribution in [3.63, 3.8) is 0 Å². The molecule has 0 saturated carbocycles. The van der Waals surface area contributed by atoms with Crippen LogP contribution in [0.4, 0.5) is 5.69 Å². The molecule has 0 unspecified atom stereocenters. The first-order valence-corrected chi connectivity index (χ1v) is 10.6. The zero-order valence-electron chi connectivity index (χ0n) is 18.0. The summed E-state index contributed by atoms with van der Waals surface area (Å²) in [5.74, 6) is -0.00165. The summed E-state index contributed by atoms with van der Waals surface area (Å²) < 4.78 is 4.24. The standard InChI is InChI=1S/C26H27N3O.HI/c1-3-21-13-10-14-22(4-2)26(21)27-25(30)18-29-19-28(17-20-11-6-5-7-12-20)23-15-8-9-16-24(23)29;/h5-16,19H,3-4,17-18H2,1-2H3;1H/p+1. The smallest absolute Gasteiger partial charge is 0.266 e. The summed E-state index contributed by atoms with van der Waals surface area (Å²) in [5.41, 5.74) is 6.75. The maximum Gasteiger partial charge on any atom is 0.266 e. The van der Waals surface area contributed by atoms with Crippen LogP contribution in [0.25, 0.3) is 11.0 Å². The van der Waals surface area contributed by atoms with E-state index in [2.05, 4.69) is 78.3 Å². The molecule has 1 amide bonds. The van der Waals surface area contributed by atoms with E-state index in [9.17, 15) is 4.79 Å². The number of hydrogen-bond acceptors (Lipinski definition) is 1. The largest absolute Gasteiger partial charge is 0.322 e. The number of carbonyl (C=O) groups is 1. The predicted octanol–water partition coefficient (Wildman–Crippen LogP) is 5.36. The van der Waals surface area contributed by atoms with Crippen molar-refractivity contribution in [2.45, 2.75) is 39.8 Å². The van der Waals surface area contributed by atoms with E-state index in [1.54, 1.807) is 0 Å². The highest BCUT2D eigenvalue weighted by Gasteiger charge is 2.19. The lowest BCUT2D eigenvalue weighted by Crippen LogP contribution is -2.33. The summed E-state index contributed by atoms with van der Waals surface area (Å²) in [6.45, 7) is 5.30. The number of carbonyl (C=O) groups excluding carboxylic acids is 1. The third-order valence-corrected chi connectivity index (χ3v) is 5.55. The van der Waals surface area contributed by atoms with Crippen molar-refractivity contribution in [1.82, 2.24) is 4.57 Å². The van der Waals surface area contributed by atoms with Gasteiger partial charge in [-0.05, 0) is 41.7 Å². The fraction of sp³-hybridized carbons (Fsp3) is 0.231. The molecule has 0 bridgehead atoms. The number of fused-ring (bicyclic) bond motifs is 1. The van der Waals surface area contributed by atoms with Gasteiger partial charge in [0.15, 0.2) is 17.6 Å². The van der Waals surface area contributed by atoms with Crippen LogP contribution < -0.4 is 9.88 Å². The lowest BCUT2D eigenvalue weighted by atomic mass is 10.0. The Balaban J connectivity index is 0.00000272. The fourth-order valence-corrected chi connectivity index (χ4v) is 4.01. The number of hydrogen-bond donors (Lipinski definition) is 1. The van der Waals surface area contributed by atoms with Crippen LogP contribution in [0.5, 0.6) is 0 Å². The number of nitrogens with one attached hydrogen (secondary N) is 1. The van der Waals surface area contributed by atoms with Gasteiger partial charge in [0, 0.05) is 5.69 Å². The monoisotopic (exact) mass is 526 g/mol. The van der Waals surface area contributed by atoms with E-state index in [4.69, 9.17) is 0 Å². The molecule has 0 fully saturated rings. The Kier molecular flexibility index (Phi) is 7.85. The molecular formula is C26H29IN3O+. The lowest BCUT2D eigenvalue weighted by molar-refractivity contribution is -0.663.